The van der Waals surface area contributed by atoms with Crippen LogP contribution in [0, 0.1) is 23.7 Å². The van der Waals surface area contributed by atoms with Crippen molar-refractivity contribution in [3.8, 4) is 22.3 Å². The molecule has 0 amide bonds. The Bertz CT molecular complexity index is 2330. The summed E-state index contributed by atoms with van der Waals surface area (Å²) in [6.07, 6.45) is 11.9. The topological polar surface area (TPSA) is 3.24 Å². The second-order valence-electron chi connectivity index (χ2n) is 22.3. The van der Waals surface area contributed by atoms with Crippen LogP contribution in [0.2, 0.25) is 0 Å². The summed E-state index contributed by atoms with van der Waals surface area (Å²) in [7, 11) is 0. The van der Waals surface area contributed by atoms with E-state index in [0.717, 1.165) is 23.7 Å². The van der Waals surface area contributed by atoms with Crippen LogP contribution in [0.1, 0.15) is 147 Å². The molecule has 4 bridgehead atoms. The number of nitrogens with zero attached hydrogens (tertiary/aromatic N) is 1. The second-order valence-corrected chi connectivity index (χ2v) is 22.3. The summed E-state index contributed by atoms with van der Waals surface area (Å²) in [4.78, 5) is 2.71. The molecule has 4 saturated carbocycles. The van der Waals surface area contributed by atoms with Gasteiger partial charge in [-0.3, -0.25) is 0 Å². The molecule has 1 nitrogen and oxygen atoms in total. The van der Waals surface area contributed by atoms with Crippen LogP contribution >= 0.6 is 0 Å². The number of anilines is 3. The molecule has 57 heavy (non-hydrogen) atoms. The SMILES string of the molecule is CC1(C)CCC(C)(C)c2cc(N(c3ccc4c(c3)C(C)(C)CCC4(C)C)c3cccc4c3-c3cc(-c5ccccc5)ccc3C43C4CC5CC(C4)CC3C5)ccc21. The van der Waals surface area contributed by atoms with Crippen LogP contribution in [0.4, 0.5) is 17.1 Å². The summed E-state index contributed by atoms with van der Waals surface area (Å²) in [6, 6.07) is 41.5. The molecular formula is C56H63N. The third-order valence-electron chi connectivity index (χ3n) is 17.2. The summed E-state index contributed by atoms with van der Waals surface area (Å²) in [6.45, 7) is 19.8. The molecule has 0 aromatic heterocycles. The summed E-state index contributed by atoms with van der Waals surface area (Å²) in [5.41, 5.74) is 19.6. The van der Waals surface area contributed by atoms with Gasteiger partial charge in [0, 0.05) is 22.4 Å². The normalized spacial score (nSPS) is 28.7. The largest absolute Gasteiger partial charge is 0.310 e. The fourth-order valence-electron chi connectivity index (χ4n) is 14.1. The molecule has 7 aliphatic carbocycles. The van der Waals surface area contributed by atoms with Gasteiger partial charge in [-0.2, -0.15) is 0 Å². The highest BCUT2D eigenvalue weighted by Crippen LogP contribution is 2.70. The van der Waals surface area contributed by atoms with E-state index in [1.54, 1.807) is 11.1 Å². The Morgan fingerprint density at radius 3 is 1.47 bits per heavy atom. The molecule has 5 aromatic rings. The Balaban J connectivity index is 1.20. The molecule has 0 saturated heterocycles. The Kier molecular flexibility index (Phi) is 7.58. The van der Waals surface area contributed by atoms with Crippen molar-refractivity contribution >= 4 is 17.1 Å². The molecule has 4 fully saturated rings. The lowest BCUT2D eigenvalue weighted by Gasteiger charge is -2.61. The lowest BCUT2D eigenvalue weighted by atomic mass is 9.43. The van der Waals surface area contributed by atoms with E-state index < -0.39 is 0 Å². The van der Waals surface area contributed by atoms with E-state index in [4.69, 9.17) is 0 Å². The van der Waals surface area contributed by atoms with Crippen molar-refractivity contribution in [2.45, 2.75) is 140 Å². The number of benzene rings is 5. The first-order chi connectivity index (χ1) is 27.2. The fraction of sp³-hybridized carbons (Fsp3) is 0.464. The molecule has 0 atom stereocenters. The van der Waals surface area contributed by atoms with Crippen LogP contribution in [-0.2, 0) is 27.1 Å². The van der Waals surface area contributed by atoms with Crippen molar-refractivity contribution in [1.29, 1.82) is 0 Å². The van der Waals surface area contributed by atoms with Gasteiger partial charge in [-0.25, -0.2) is 0 Å². The first-order valence-electron chi connectivity index (χ1n) is 22.6. The van der Waals surface area contributed by atoms with Gasteiger partial charge in [0.05, 0.1) is 5.69 Å². The van der Waals surface area contributed by atoms with E-state index in [1.165, 1.54) is 119 Å². The minimum Gasteiger partial charge on any atom is -0.310 e. The monoisotopic (exact) mass is 749 g/mol. The number of hydrogen-bond donors (Lipinski definition) is 0. The molecule has 0 N–H and O–H groups in total. The number of hydrogen-bond acceptors (Lipinski definition) is 1. The van der Waals surface area contributed by atoms with E-state index in [2.05, 4.69) is 163 Å². The Morgan fingerprint density at radius 2 is 0.930 bits per heavy atom. The summed E-state index contributed by atoms with van der Waals surface area (Å²) >= 11 is 0. The molecule has 12 rings (SSSR count). The average molecular weight is 750 g/mol. The minimum atomic E-state index is 0.0960. The first kappa shape index (κ1) is 36.0. The van der Waals surface area contributed by atoms with Crippen molar-refractivity contribution < 1.29 is 0 Å². The molecule has 7 aliphatic rings. The summed E-state index contributed by atoms with van der Waals surface area (Å²) < 4.78 is 0. The van der Waals surface area contributed by atoms with Crippen LogP contribution < -0.4 is 4.90 Å². The molecule has 1 spiro atoms. The maximum atomic E-state index is 2.71. The summed E-state index contributed by atoms with van der Waals surface area (Å²) in [5, 5.41) is 0. The number of fused-ring (bicyclic) bond motifs is 5. The van der Waals surface area contributed by atoms with Gasteiger partial charge in [-0.15, -0.1) is 0 Å². The van der Waals surface area contributed by atoms with Crippen molar-refractivity contribution in [3.63, 3.8) is 0 Å². The van der Waals surface area contributed by atoms with Crippen LogP contribution in [0.15, 0.2) is 103 Å². The van der Waals surface area contributed by atoms with Gasteiger partial charge in [-0.05, 0) is 190 Å². The Morgan fingerprint density at radius 1 is 0.421 bits per heavy atom. The maximum Gasteiger partial charge on any atom is 0.0543 e. The van der Waals surface area contributed by atoms with Crippen LogP contribution in [-0.4, -0.2) is 0 Å². The molecule has 0 unspecified atom stereocenters. The average Bonchev–Trinajstić information content (AvgIpc) is 3.48. The van der Waals surface area contributed by atoms with Gasteiger partial charge >= 0.3 is 0 Å². The molecule has 5 aromatic carbocycles. The van der Waals surface area contributed by atoms with Crippen molar-refractivity contribution in [1.82, 2.24) is 0 Å². The van der Waals surface area contributed by atoms with Gasteiger partial charge in [-0.1, -0.05) is 122 Å². The van der Waals surface area contributed by atoms with Gasteiger partial charge in [0.2, 0.25) is 0 Å². The third-order valence-corrected chi connectivity index (χ3v) is 17.2. The van der Waals surface area contributed by atoms with Gasteiger partial charge in [0.15, 0.2) is 0 Å². The zero-order chi connectivity index (χ0) is 39.3. The van der Waals surface area contributed by atoms with E-state index in [-0.39, 0.29) is 27.1 Å². The Hall–Kier alpha value is -4.10. The number of rotatable bonds is 4. The highest BCUT2D eigenvalue weighted by Gasteiger charge is 2.62. The quantitative estimate of drug-likeness (QED) is 0.177. The van der Waals surface area contributed by atoms with E-state index in [0.29, 0.717) is 0 Å². The molecule has 0 aliphatic heterocycles. The van der Waals surface area contributed by atoms with Crippen LogP contribution in [0.25, 0.3) is 22.3 Å². The zero-order valence-electron chi connectivity index (χ0n) is 35.9. The van der Waals surface area contributed by atoms with Crippen LogP contribution in [0.3, 0.4) is 0 Å². The zero-order valence-corrected chi connectivity index (χ0v) is 35.9. The standard InChI is InChI=1S/C56H63N/c1-52(2)23-25-54(5,6)48-33-41(18-21-45(48)52)57(42-19-22-46-49(34-42)55(7,8)26-24-53(46,3)4)50-16-12-15-47-51(50)43-32-38(37-13-10-9-11-14-37)17-20-44(43)56(47)39-28-35-27-36(30-39)31-40(56)29-35/h9-22,32-36,39-40H,23-31H2,1-8H3. The minimum absolute atomic E-state index is 0.0960. The van der Waals surface area contributed by atoms with Gasteiger partial charge in [0.25, 0.3) is 0 Å². The highest BCUT2D eigenvalue weighted by molar-refractivity contribution is 5.97. The van der Waals surface area contributed by atoms with Crippen molar-refractivity contribution in [2.24, 2.45) is 23.7 Å². The Labute approximate surface area is 343 Å². The summed E-state index contributed by atoms with van der Waals surface area (Å²) in [5.74, 6) is 3.28. The molecule has 0 heterocycles. The molecular weight excluding hydrogens is 687 g/mol. The maximum absolute atomic E-state index is 2.71. The third kappa shape index (κ3) is 5.12. The fourth-order valence-corrected chi connectivity index (χ4v) is 14.1. The predicted molar refractivity (Wildman–Crippen MR) is 240 cm³/mol. The van der Waals surface area contributed by atoms with E-state index in [9.17, 15) is 0 Å². The smallest absolute Gasteiger partial charge is 0.0543 e. The van der Waals surface area contributed by atoms with Gasteiger partial charge < -0.3 is 4.90 Å². The van der Waals surface area contributed by atoms with Crippen molar-refractivity contribution in [3.05, 3.63) is 137 Å². The van der Waals surface area contributed by atoms with E-state index in [1.807, 2.05) is 0 Å². The molecule has 1 heteroatoms. The van der Waals surface area contributed by atoms with E-state index >= 15 is 0 Å². The molecule has 0 radical (unpaired) electrons. The molecule has 292 valence electrons. The highest BCUT2D eigenvalue weighted by atomic mass is 15.1. The van der Waals surface area contributed by atoms with Crippen molar-refractivity contribution in [2.75, 3.05) is 4.90 Å². The van der Waals surface area contributed by atoms with Crippen LogP contribution in [0.5, 0.6) is 0 Å². The van der Waals surface area contributed by atoms with Gasteiger partial charge in [0.1, 0.15) is 0 Å². The lowest BCUT2D eigenvalue weighted by molar-refractivity contribution is -0.0399. The predicted octanol–water partition coefficient (Wildman–Crippen LogP) is 15.2. The first-order valence-corrected chi connectivity index (χ1v) is 22.6. The lowest BCUT2D eigenvalue weighted by Crippen LogP contribution is -2.55. The second kappa shape index (κ2) is 12.0.